The SMILES string of the molecule is CC(O)C(=O)OC(C)(C)C.CCO. The van der Waals surface area contributed by atoms with E-state index in [1.54, 1.807) is 27.7 Å². The lowest BCUT2D eigenvalue weighted by atomic mass is 10.2. The van der Waals surface area contributed by atoms with Crippen LogP contribution in [0.3, 0.4) is 0 Å². The summed E-state index contributed by atoms with van der Waals surface area (Å²) in [6.07, 6.45) is -1.03. The van der Waals surface area contributed by atoms with Crippen LogP contribution in [0.2, 0.25) is 0 Å². The van der Waals surface area contributed by atoms with Gasteiger partial charge in [0.2, 0.25) is 0 Å². The summed E-state index contributed by atoms with van der Waals surface area (Å²) in [5.41, 5.74) is -0.506. The first-order valence-electron chi connectivity index (χ1n) is 4.26. The molecule has 0 aromatic rings. The zero-order valence-electron chi connectivity index (χ0n) is 9.00. The fourth-order valence-corrected chi connectivity index (χ4v) is 0.387. The van der Waals surface area contributed by atoms with E-state index in [4.69, 9.17) is 14.9 Å². The van der Waals surface area contributed by atoms with E-state index in [1.807, 2.05) is 0 Å². The van der Waals surface area contributed by atoms with E-state index in [1.165, 1.54) is 6.92 Å². The van der Waals surface area contributed by atoms with Crippen LogP contribution in [0.4, 0.5) is 0 Å². The van der Waals surface area contributed by atoms with Crippen LogP contribution in [0.1, 0.15) is 34.6 Å². The van der Waals surface area contributed by atoms with Gasteiger partial charge in [0.05, 0.1) is 0 Å². The molecule has 4 heteroatoms. The van der Waals surface area contributed by atoms with Crippen LogP contribution in [0, 0.1) is 0 Å². The summed E-state index contributed by atoms with van der Waals surface area (Å²) in [5, 5.41) is 16.3. The molecular weight excluding hydrogens is 172 g/mol. The zero-order chi connectivity index (χ0) is 11.1. The van der Waals surface area contributed by atoms with Gasteiger partial charge in [0.15, 0.2) is 0 Å². The molecular formula is C9H20O4. The predicted octanol–water partition coefficient (Wildman–Crippen LogP) is 0.707. The number of hydrogen-bond donors (Lipinski definition) is 2. The molecule has 0 saturated carbocycles. The van der Waals surface area contributed by atoms with Gasteiger partial charge in [-0.1, -0.05) is 0 Å². The standard InChI is InChI=1S/C7H14O3.C2H6O/c1-5(8)6(9)10-7(2,3)4;1-2-3/h5,8H,1-4H3;3H,2H2,1H3. The Labute approximate surface area is 79.5 Å². The number of aliphatic hydroxyl groups is 2. The van der Waals surface area contributed by atoms with E-state index in [0.29, 0.717) is 0 Å². The maximum absolute atomic E-state index is 10.7. The molecule has 0 spiro atoms. The second-order valence-corrected chi connectivity index (χ2v) is 3.53. The average molecular weight is 192 g/mol. The van der Waals surface area contributed by atoms with Gasteiger partial charge in [-0.25, -0.2) is 4.79 Å². The highest BCUT2D eigenvalue weighted by Gasteiger charge is 2.19. The third-order valence-electron chi connectivity index (χ3n) is 0.748. The van der Waals surface area contributed by atoms with Crippen molar-refractivity contribution in [1.82, 2.24) is 0 Å². The summed E-state index contributed by atoms with van der Waals surface area (Å²) in [7, 11) is 0. The van der Waals surface area contributed by atoms with Crippen LogP contribution in [-0.4, -0.2) is 34.5 Å². The molecule has 0 bridgehead atoms. The van der Waals surface area contributed by atoms with Crippen LogP contribution in [-0.2, 0) is 9.53 Å². The maximum Gasteiger partial charge on any atom is 0.335 e. The van der Waals surface area contributed by atoms with E-state index in [0.717, 1.165) is 0 Å². The number of carbonyl (C=O) groups excluding carboxylic acids is 1. The molecule has 0 saturated heterocycles. The first kappa shape index (κ1) is 14.9. The first-order valence-corrected chi connectivity index (χ1v) is 4.26. The van der Waals surface area contributed by atoms with Gasteiger partial charge in [0.1, 0.15) is 11.7 Å². The lowest BCUT2D eigenvalue weighted by Crippen LogP contribution is -2.29. The summed E-state index contributed by atoms with van der Waals surface area (Å²) in [6, 6.07) is 0. The van der Waals surface area contributed by atoms with Crippen molar-refractivity contribution in [2.75, 3.05) is 6.61 Å². The summed E-state index contributed by atoms with van der Waals surface area (Å²) in [6.45, 7) is 8.59. The number of hydrogen-bond acceptors (Lipinski definition) is 4. The smallest absolute Gasteiger partial charge is 0.335 e. The lowest BCUT2D eigenvalue weighted by molar-refractivity contribution is -0.163. The quantitative estimate of drug-likeness (QED) is 0.600. The topological polar surface area (TPSA) is 66.8 Å². The molecule has 0 heterocycles. The van der Waals surface area contributed by atoms with Crippen molar-refractivity contribution in [3.63, 3.8) is 0 Å². The van der Waals surface area contributed by atoms with Gasteiger partial charge in [-0.15, -0.1) is 0 Å². The first-order chi connectivity index (χ1) is 5.74. The molecule has 0 rings (SSSR count). The fourth-order valence-electron chi connectivity index (χ4n) is 0.387. The van der Waals surface area contributed by atoms with Crippen molar-refractivity contribution in [3.8, 4) is 0 Å². The largest absolute Gasteiger partial charge is 0.458 e. The van der Waals surface area contributed by atoms with Crippen LogP contribution in [0.15, 0.2) is 0 Å². The van der Waals surface area contributed by atoms with Crippen molar-refractivity contribution in [3.05, 3.63) is 0 Å². The van der Waals surface area contributed by atoms with Crippen molar-refractivity contribution in [2.45, 2.75) is 46.3 Å². The minimum Gasteiger partial charge on any atom is -0.458 e. The van der Waals surface area contributed by atoms with Crippen LogP contribution in [0.5, 0.6) is 0 Å². The van der Waals surface area contributed by atoms with Crippen LogP contribution in [0.25, 0.3) is 0 Å². The van der Waals surface area contributed by atoms with Crippen LogP contribution < -0.4 is 0 Å². The van der Waals surface area contributed by atoms with Crippen molar-refractivity contribution < 1.29 is 19.7 Å². The Morgan fingerprint density at radius 1 is 1.46 bits per heavy atom. The molecule has 1 unspecified atom stereocenters. The third kappa shape index (κ3) is 14.3. The number of carbonyl (C=O) groups is 1. The van der Waals surface area contributed by atoms with E-state index < -0.39 is 17.7 Å². The zero-order valence-corrected chi connectivity index (χ0v) is 9.00. The van der Waals surface area contributed by atoms with E-state index in [9.17, 15) is 4.79 Å². The Hall–Kier alpha value is -0.610. The Balaban J connectivity index is 0. The van der Waals surface area contributed by atoms with Gasteiger partial charge >= 0.3 is 5.97 Å². The number of rotatable bonds is 1. The Bertz CT molecular complexity index is 135. The van der Waals surface area contributed by atoms with Crippen molar-refractivity contribution in [1.29, 1.82) is 0 Å². The molecule has 0 aromatic carbocycles. The average Bonchev–Trinajstić information content (AvgIpc) is 1.84. The minimum atomic E-state index is -1.03. The molecule has 0 aromatic heterocycles. The van der Waals surface area contributed by atoms with E-state index in [-0.39, 0.29) is 6.61 Å². The molecule has 0 aliphatic rings. The van der Waals surface area contributed by atoms with Crippen LogP contribution >= 0.6 is 0 Å². The second-order valence-electron chi connectivity index (χ2n) is 3.53. The Morgan fingerprint density at radius 3 is 1.85 bits per heavy atom. The minimum absolute atomic E-state index is 0.250. The van der Waals surface area contributed by atoms with E-state index >= 15 is 0 Å². The Kier molecular flexibility index (Phi) is 7.85. The summed E-state index contributed by atoms with van der Waals surface area (Å²) in [5.74, 6) is -0.576. The number of ether oxygens (including phenoxy) is 1. The highest BCUT2D eigenvalue weighted by Crippen LogP contribution is 2.07. The molecule has 0 aliphatic heterocycles. The van der Waals surface area contributed by atoms with E-state index in [2.05, 4.69) is 0 Å². The molecule has 0 radical (unpaired) electrons. The molecule has 0 aliphatic carbocycles. The molecule has 2 N–H and O–H groups in total. The molecule has 1 atom stereocenters. The molecule has 0 fully saturated rings. The second kappa shape index (κ2) is 6.86. The molecule has 13 heavy (non-hydrogen) atoms. The third-order valence-corrected chi connectivity index (χ3v) is 0.748. The molecule has 4 nitrogen and oxygen atoms in total. The van der Waals surface area contributed by atoms with Gasteiger partial charge in [0, 0.05) is 6.61 Å². The summed E-state index contributed by atoms with van der Waals surface area (Å²) in [4.78, 5) is 10.7. The van der Waals surface area contributed by atoms with Gasteiger partial charge in [0.25, 0.3) is 0 Å². The number of aliphatic hydroxyl groups excluding tert-OH is 2. The molecule has 0 amide bonds. The van der Waals surface area contributed by atoms with Gasteiger partial charge in [-0.3, -0.25) is 0 Å². The number of esters is 1. The highest BCUT2D eigenvalue weighted by atomic mass is 16.6. The normalized spacial score (nSPS) is 12.5. The van der Waals surface area contributed by atoms with Gasteiger partial charge in [-0.05, 0) is 34.6 Å². The van der Waals surface area contributed by atoms with Crippen molar-refractivity contribution in [2.24, 2.45) is 0 Å². The highest BCUT2D eigenvalue weighted by molar-refractivity contribution is 5.74. The van der Waals surface area contributed by atoms with Crippen molar-refractivity contribution >= 4 is 5.97 Å². The fraction of sp³-hybridized carbons (Fsp3) is 0.889. The predicted molar refractivity (Wildman–Crippen MR) is 50.3 cm³/mol. The summed E-state index contributed by atoms with van der Waals surface area (Å²) < 4.78 is 4.81. The maximum atomic E-state index is 10.7. The molecule has 80 valence electrons. The van der Waals surface area contributed by atoms with Gasteiger partial charge < -0.3 is 14.9 Å². The Morgan fingerprint density at radius 2 is 1.77 bits per heavy atom. The monoisotopic (exact) mass is 192 g/mol. The summed E-state index contributed by atoms with van der Waals surface area (Å²) >= 11 is 0. The lowest BCUT2D eigenvalue weighted by Gasteiger charge is -2.20. The van der Waals surface area contributed by atoms with Gasteiger partial charge in [-0.2, -0.15) is 0 Å².